The minimum Gasteiger partial charge on any atom is -0.395 e. The summed E-state index contributed by atoms with van der Waals surface area (Å²) in [6.07, 6.45) is 1.59. The van der Waals surface area contributed by atoms with Crippen molar-refractivity contribution in [1.82, 2.24) is 10.3 Å². The number of hydrogen-bond donors (Lipinski definition) is 2. The molecule has 2 N–H and O–H groups in total. The van der Waals surface area contributed by atoms with E-state index in [1.54, 1.807) is 12.3 Å². The third kappa shape index (κ3) is 2.82. The average Bonchev–Trinajstić information content (AvgIpc) is 2.19. The first-order chi connectivity index (χ1) is 6.38. The Hall–Kier alpha value is -1.44. The lowest BCUT2D eigenvalue weighted by Gasteiger charge is -2.03. The van der Waals surface area contributed by atoms with E-state index in [0.29, 0.717) is 18.8 Å². The third-order valence-electron chi connectivity index (χ3n) is 1.60. The molecule has 4 heteroatoms. The molecule has 4 nitrogen and oxygen atoms in total. The highest BCUT2D eigenvalue weighted by Gasteiger charge is 2.00. The molecule has 0 saturated heterocycles. The first kappa shape index (κ1) is 9.65. The van der Waals surface area contributed by atoms with E-state index in [1.807, 2.05) is 12.1 Å². The van der Waals surface area contributed by atoms with E-state index in [-0.39, 0.29) is 6.61 Å². The minimum absolute atomic E-state index is 0.0994. The van der Waals surface area contributed by atoms with Crippen LogP contribution in [0.3, 0.4) is 0 Å². The second-order valence-corrected chi connectivity index (χ2v) is 2.52. The van der Waals surface area contributed by atoms with Crippen molar-refractivity contribution in [2.24, 2.45) is 0 Å². The van der Waals surface area contributed by atoms with Gasteiger partial charge in [0.1, 0.15) is 11.8 Å². The first-order valence-corrected chi connectivity index (χ1v) is 4.04. The van der Waals surface area contributed by atoms with Crippen LogP contribution in [0.25, 0.3) is 0 Å². The lowest BCUT2D eigenvalue weighted by atomic mass is 10.2. The van der Waals surface area contributed by atoms with Crippen LogP contribution < -0.4 is 5.32 Å². The molecule has 0 radical (unpaired) electrons. The molecule has 1 heterocycles. The van der Waals surface area contributed by atoms with Gasteiger partial charge in [-0.15, -0.1) is 0 Å². The predicted molar refractivity (Wildman–Crippen MR) is 47.7 cm³/mol. The maximum atomic E-state index is 8.69. The van der Waals surface area contributed by atoms with Gasteiger partial charge in [0.25, 0.3) is 0 Å². The summed E-state index contributed by atoms with van der Waals surface area (Å²) in [5, 5.41) is 20.2. The molecule has 0 unspecified atom stereocenters. The molecule has 0 aromatic carbocycles. The summed E-state index contributed by atoms with van der Waals surface area (Å²) in [5.74, 6) is 0. The minimum atomic E-state index is 0.0994. The second-order valence-electron chi connectivity index (χ2n) is 2.52. The lowest BCUT2D eigenvalue weighted by molar-refractivity contribution is 0.292. The molecule has 1 aromatic rings. The van der Waals surface area contributed by atoms with Gasteiger partial charge in [-0.25, -0.2) is 4.98 Å². The van der Waals surface area contributed by atoms with Crippen LogP contribution in [0.5, 0.6) is 0 Å². The van der Waals surface area contributed by atoms with E-state index in [0.717, 1.165) is 5.56 Å². The zero-order chi connectivity index (χ0) is 9.52. The molecule has 0 amide bonds. The van der Waals surface area contributed by atoms with Crippen LogP contribution in [0, 0.1) is 11.3 Å². The van der Waals surface area contributed by atoms with E-state index >= 15 is 0 Å². The van der Waals surface area contributed by atoms with Gasteiger partial charge < -0.3 is 10.4 Å². The van der Waals surface area contributed by atoms with Gasteiger partial charge >= 0.3 is 0 Å². The number of aromatic nitrogens is 1. The maximum Gasteiger partial charge on any atom is 0.144 e. The third-order valence-corrected chi connectivity index (χ3v) is 1.60. The number of nitrogens with zero attached hydrogens (tertiary/aromatic N) is 2. The van der Waals surface area contributed by atoms with Crippen molar-refractivity contribution in [3.05, 3.63) is 29.6 Å². The van der Waals surface area contributed by atoms with E-state index in [4.69, 9.17) is 10.4 Å². The molecule has 0 bridgehead atoms. The van der Waals surface area contributed by atoms with Crippen LogP contribution >= 0.6 is 0 Å². The van der Waals surface area contributed by atoms with Crippen LogP contribution in [0.4, 0.5) is 0 Å². The van der Waals surface area contributed by atoms with Gasteiger partial charge in [0, 0.05) is 24.8 Å². The van der Waals surface area contributed by atoms with Gasteiger partial charge in [0.2, 0.25) is 0 Å². The number of aliphatic hydroxyl groups is 1. The molecule has 0 atom stereocenters. The molecular weight excluding hydrogens is 166 g/mol. The highest BCUT2D eigenvalue weighted by atomic mass is 16.3. The van der Waals surface area contributed by atoms with E-state index in [9.17, 15) is 0 Å². The highest BCUT2D eigenvalue weighted by Crippen LogP contribution is 2.02. The number of pyridine rings is 1. The standard InChI is InChI=1S/C9H11N3O/c10-6-9-8(2-1-3-12-9)7-11-4-5-13/h1-3,11,13H,4-5,7H2. The van der Waals surface area contributed by atoms with Gasteiger partial charge in [0.05, 0.1) is 6.61 Å². The molecule has 68 valence electrons. The summed E-state index contributed by atoms with van der Waals surface area (Å²) in [4.78, 5) is 3.91. The molecule has 0 fully saturated rings. The van der Waals surface area contributed by atoms with Gasteiger partial charge in [-0.3, -0.25) is 0 Å². The van der Waals surface area contributed by atoms with Crippen molar-refractivity contribution in [3.8, 4) is 6.07 Å². The zero-order valence-corrected chi connectivity index (χ0v) is 7.20. The van der Waals surface area contributed by atoms with Crippen LogP contribution in [0.1, 0.15) is 11.3 Å². The fourth-order valence-corrected chi connectivity index (χ4v) is 0.984. The normalized spacial score (nSPS) is 9.54. The van der Waals surface area contributed by atoms with E-state index in [1.165, 1.54) is 0 Å². The molecule has 0 saturated carbocycles. The largest absolute Gasteiger partial charge is 0.395 e. The first-order valence-electron chi connectivity index (χ1n) is 4.04. The Kier molecular flexibility index (Phi) is 3.89. The average molecular weight is 177 g/mol. The quantitative estimate of drug-likeness (QED) is 0.637. The Labute approximate surface area is 76.8 Å². The fourth-order valence-electron chi connectivity index (χ4n) is 0.984. The Bertz CT molecular complexity index is 306. The SMILES string of the molecule is N#Cc1ncccc1CNCCO. The number of aliphatic hydroxyl groups excluding tert-OH is 1. The highest BCUT2D eigenvalue weighted by molar-refractivity contribution is 5.30. The Balaban J connectivity index is 2.60. The number of hydrogen-bond acceptors (Lipinski definition) is 4. The van der Waals surface area contributed by atoms with Gasteiger partial charge in [0.15, 0.2) is 0 Å². The second kappa shape index (κ2) is 5.25. The van der Waals surface area contributed by atoms with E-state index in [2.05, 4.69) is 10.3 Å². The summed E-state index contributed by atoms with van der Waals surface area (Å²) in [6, 6.07) is 5.64. The number of rotatable bonds is 4. The summed E-state index contributed by atoms with van der Waals surface area (Å²) in [5.41, 5.74) is 1.30. The maximum absolute atomic E-state index is 8.69. The van der Waals surface area contributed by atoms with Gasteiger partial charge in [-0.05, 0) is 6.07 Å². The molecule has 0 aliphatic heterocycles. The number of nitrogens with one attached hydrogen (secondary N) is 1. The fraction of sp³-hybridized carbons (Fsp3) is 0.333. The molecule has 0 spiro atoms. The van der Waals surface area contributed by atoms with Crippen LogP contribution in [-0.2, 0) is 6.54 Å². The lowest BCUT2D eigenvalue weighted by Crippen LogP contribution is -2.18. The zero-order valence-electron chi connectivity index (χ0n) is 7.20. The van der Waals surface area contributed by atoms with Gasteiger partial charge in [-0.2, -0.15) is 5.26 Å². The van der Waals surface area contributed by atoms with Crippen molar-refractivity contribution >= 4 is 0 Å². The van der Waals surface area contributed by atoms with Gasteiger partial charge in [-0.1, -0.05) is 6.07 Å². The number of nitriles is 1. The monoisotopic (exact) mass is 177 g/mol. The molecule has 13 heavy (non-hydrogen) atoms. The molecule has 1 aromatic heterocycles. The Morgan fingerprint density at radius 3 is 3.15 bits per heavy atom. The smallest absolute Gasteiger partial charge is 0.144 e. The van der Waals surface area contributed by atoms with Crippen molar-refractivity contribution in [1.29, 1.82) is 5.26 Å². The van der Waals surface area contributed by atoms with E-state index < -0.39 is 0 Å². The molecule has 0 aliphatic carbocycles. The summed E-state index contributed by atoms with van der Waals surface area (Å²) in [7, 11) is 0. The van der Waals surface area contributed by atoms with Crippen LogP contribution in [-0.4, -0.2) is 23.2 Å². The van der Waals surface area contributed by atoms with Crippen molar-refractivity contribution in [3.63, 3.8) is 0 Å². The molecule has 0 aliphatic rings. The summed E-state index contributed by atoms with van der Waals surface area (Å²) >= 11 is 0. The van der Waals surface area contributed by atoms with Crippen molar-refractivity contribution in [2.75, 3.05) is 13.2 Å². The summed E-state index contributed by atoms with van der Waals surface area (Å²) < 4.78 is 0. The van der Waals surface area contributed by atoms with Crippen LogP contribution in [0.2, 0.25) is 0 Å². The Morgan fingerprint density at radius 1 is 1.62 bits per heavy atom. The van der Waals surface area contributed by atoms with Crippen molar-refractivity contribution < 1.29 is 5.11 Å². The topological polar surface area (TPSA) is 68.9 Å². The molecule has 1 rings (SSSR count). The molecular formula is C9H11N3O. The summed E-state index contributed by atoms with van der Waals surface area (Å²) in [6.45, 7) is 1.19. The Morgan fingerprint density at radius 2 is 2.46 bits per heavy atom. The predicted octanol–water partition coefficient (Wildman–Crippen LogP) is 0.0352. The van der Waals surface area contributed by atoms with Crippen LogP contribution in [0.15, 0.2) is 18.3 Å². The van der Waals surface area contributed by atoms with Crippen molar-refractivity contribution in [2.45, 2.75) is 6.54 Å².